The summed E-state index contributed by atoms with van der Waals surface area (Å²) in [6.45, 7) is 6.17. The molecule has 2 rings (SSSR count). The summed E-state index contributed by atoms with van der Waals surface area (Å²) < 4.78 is 11.5. The van der Waals surface area contributed by atoms with Gasteiger partial charge in [0.15, 0.2) is 0 Å². The van der Waals surface area contributed by atoms with E-state index in [0.29, 0.717) is 6.10 Å². The predicted molar refractivity (Wildman–Crippen MR) is 77.5 cm³/mol. The van der Waals surface area contributed by atoms with Gasteiger partial charge in [-0.1, -0.05) is 13.8 Å². The van der Waals surface area contributed by atoms with E-state index in [0.717, 1.165) is 57.0 Å². The minimum atomic E-state index is 0.183. The molecule has 0 bridgehead atoms. The van der Waals surface area contributed by atoms with Crippen LogP contribution in [0, 0.1) is 0 Å². The predicted octanol–water partition coefficient (Wildman–Crippen LogP) is 3.02. The molecule has 0 aromatic carbocycles. The summed E-state index contributed by atoms with van der Waals surface area (Å²) in [5.74, 6) is 1.46. The van der Waals surface area contributed by atoms with Gasteiger partial charge < -0.3 is 14.5 Å². The van der Waals surface area contributed by atoms with Gasteiger partial charge in [-0.2, -0.15) is 0 Å². The van der Waals surface area contributed by atoms with E-state index in [1.165, 1.54) is 12.8 Å². The summed E-state index contributed by atoms with van der Waals surface area (Å²) in [5.41, 5.74) is 0. The first-order chi connectivity index (χ1) is 9.83. The maximum absolute atomic E-state index is 5.78. The van der Waals surface area contributed by atoms with E-state index in [-0.39, 0.29) is 6.04 Å². The van der Waals surface area contributed by atoms with E-state index in [2.05, 4.69) is 29.4 Å². The number of hydrogen-bond acceptors (Lipinski definition) is 5. The Morgan fingerprint density at radius 3 is 2.90 bits per heavy atom. The average molecular weight is 281 g/mol. The molecule has 2 unspecified atom stereocenters. The second kappa shape index (κ2) is 8.37. The van der Waals surface area contributed by atoms with Crippen LogP contribution in [0.5, 0.6) is 0 Å². The van der Waals surface area contributed by atoms with E-state index in [9.17, 15) is 0 Å². The highest BCUT2D eigenvalue weighted by Gasteiger charge is 2.18. The molecule has 2 heterocycles. The Morgan fingerprint density at radius 1 is 1.30 bits per heavy atom. The molecule has 1 fully saturated rings. The second-order valence-corrected chi connectivity index (χ2v) is 5.48. The maximum Gasteiger partial charge on any atom is 0.233 e. The van der Waals surface area contributed by atoms with Crippen molar-refractivity contribution in [2.75, 3.05) is 13.2 Å². The molecule has 2 atom stereocenters. The zero-order chi connectivity index (χ0) is 14.2. The maximum atomic E-state index is 5.78. The molecule has 0 amide bonds. The van der Waals surface area contributed by atoms with E-state index >= 15 is 0 Å². The fourth-order valence-corrected chi connectivity index (χ4v) is 2.55. The van der Waals surface area contributed by atoms with Crippen LogP contribution in [0.4, 0.5) is 0 Å². The normalized spacial score (nSPS) is 21.0. The van der Waals surface area contributed by atoms with Crippen LogP contribution in [0.2, 0.25) is 0 Å². The van der Waals surface area contributed by atoms with Crippen molar-refractivity contribution in [3.05, 3.63) is 11.8 Å². The van der Waals surface area contributed by atoms with Crippen LogP contribution in [-0.4, -0.2) is 29.5 Å². The highest BCUT2D eigenvalue weighted by Crippen LogP contribution is 2.19. The molecule has 1 aromatic rings. The third-order valence-corrected chi connectivity index (χ3v) is 3.78. The van der Waals surface area contributed by atoms with Crippen molar-refractivity contribution < 1.29 is 9.15 Å². The van der Waals surface area contributed by atoms with Gasteiger partial charge in [0.25, 0.3) is 0 Å². The van der Waals surface area contributed by atoms with Gasteiger partial charge in [-0.3, -0.25) is 0 Å². The number of hydrogen-bond donors (Lipinski definition) is 1. The van der Waals surface area contributed by atoms with Crippen LogP contribution in [0.3, 0.4) is 0 Å². The Morgan fingerprint density at radius 2 is 2.20 bits per heavy atom. The van der Waals surface area contributed by atoms with Crippen molar-refractivity contribution in [1.82, 2.24) is 15.5 Å². The summed E-state index contributed by atoms with van der Waals surface area (Å²) in [4.78, 5) is 0. The first-order valence-electron chi connectivity index (χ1n) is 8.00. The smallest absolute Gasteiger partial charge is 0.233 e. The molecule has 0 spiro atoms. The number of aryl methyl sites for hydroxylation is 1. The molecule has 1 N–H and O–H groups in total. The zero-order valence-corrected chi connectivity index (χ0v) is 12.7. The Balaban J connectivity index is 1.81. The van der Waals surface area contributed by atoms with Crippen LogP contribution in [-0.2, 0) is 11.2 Å². The number of aromatic nitrogens is 2. The quantitative estimate of drug-likeness (QED) is 0.793. The molecule has 0 saturated carbocycles. The van der Waals surface area contributed by atoms with Gasteiger partial charge in [0.05, 0.1) is 12.1 Å². The Bertz CT molecular complexity index is 375. The number of nitrogens with zero attached hydrogens (tertiary/aromatic N) is 2. The Labute approximate surface area is 121 Å². The highest BCUT2D eigenvalue weighted by molar-refractivity contribution is 4.90. The largest absolute Gasteiger partial charge is 0.424 e. The van der Waals surface area contributed by atoms with Gasteiger partial charge in [0.2, 0.25) is 11.8 Å². The van der Waals surface area contributed by atoms with Crippen molar-refractivity contribution in [2.45, 2.75) is 70.9 Å². The molecule has 0 aliphatic carbocycles. The lowest BCUT2D eigenvalue weighted by Gasteiger charge is -2.21. The Hall–Kier alpha value is -0.940. The van der Waals surface area contributed by atoms with Crippen LogP contribution in [0.15, 0.2) is 4.42 Å². The molecule has 114 valence electrons. The third-order valence-electron chi connectivity index (χ3n) is 3.78. The Kier molecular flexibility index (Phi) is 6.47. The minimum absolute atomic E-state index is 0.183. The zero-order valence-electron chi connectivity index (χ0n) is 12.7. The summed E-state index contributed by atoms with van der Waals surface area (Å²) in [5, 5.41) is 11.8. The molecule has 20 heavy (non-hydrogen) atoms. The van der Waals surface area contributed by atoms with Gasteiger partial charge in [-0.05, 0) is 45.1 Å². The van der Waals surface area contributed by atoms with Gasteiger partial charge in [-0.25, -0.2) is 0 Å². The summed E-state index contributed by atoms with van der Waals surface area (Å²) in [7, 11) is 0. The third kappa shape index (κ3) is 4.56. The summed E-state index contributed by atoms with van der Waals surface area (Å²) >= 11 is 0. The standard InChI is InChI=1S/C15H27N3O2/c1-3-10-16-13(4-2)15-18-17-14(20-15)9-8-12-7-5-6-11-19-12/h12-13,16H,3-11H2,1-2H3. The highest BCUT2D eigenvalue weighted by atomic mass is 16.5. The van der Waals surface area contributed by atoms with Crippen molar-refractivity contribution in [3.63, 3.8) is 0 Å². The van der Waals surface area contributed by atoms with Crippen LogP contribution < -0.4 is 5.32 Å². The molecular formula is C15H27N3O2. The fraction of sp³-hybridized carbons (Fsp3) is 0.867. The van der Waals surface area contributed by atoms with E-state index < -0.39 is 0 Å². The van der Waals surface area contributed by atoms with Crippen LogP contribution in [0.1, 0.15) is 70.2 Å². The van der Waals surface area contributed by atoms with Gasteiger partial charge in [0, 0.05) is 13.0 Å². The molecule has 1 saturated heterocycles. The van der Waals surface area contributed by atoms with Crippen molar-refractivity contribution in [3.8, 4) is 0 Å². The minimum Gasteiger partial charge on any atom is -0.424 e. The molecule has 5 nitrogen and oxygen atoms in total. The molecule has 1 aliphatic heterocycles. The molecule has 1 aromatic heterocycles. The fourth-order valence-electron chi connectivity index (χ4n) is 2.55. The van der Waals surface area contributed by atoms with Gasteiger partial charge >= 0.3 is 0 Å². The van der Waals surface area contributed by atoms with Gasteiger partial charge in [0.1, 0.15) is 0 Å². The van der Waals surface area contributed by atoms with E-state index in [4.69, 9.17) is 9.15 Å². The average Bonchev–Trinajstić information content (AvgIpc) is 2.96. The molecule has 0 radical (unpaired) electrons. The van der Waals surface area contributed by atoms with Crippen LogP contribution in [0.25, 0.3) is 0 Å². The SMILES string of the molecule is CCCNC(CC)c1nnc(CCC2CCCCO2)o1. The monoisotopic (exact) mass is 281 g/mol. The molecule has 1 aliphatic rings. The topological polar surface area (TPSA) is 60.2 Å². The lowest BCUT2D eigenvalue weighted by molar-refractivity contribution is 0.0105. The lowest BCUT2D eigenvalue weighted by Crippen LogP contribution is -2.21. The first kappa shape index (κ1) is 15.4. The van der Waals surface area contributed by atoms with Gasteiger partial charge in [-0.15, -0.1) is 10.2 Å². The lowest BCUT2D eigenvalue weighted by atomic mass is 10.0. The summed E-state index contributed by atoms with van der Waals surface area (Å²) in [6.07, 6.45) is 7.89. The van der Waals surface area contributed by atoms with Crippen molar-refractivity contribution in [2.24, 2.45) is 0 Å². The molecule has 5 heteroatoms. The second-order valence-electron chi connectivity index (χ2n) is 5.48. The number of ether oxygens (including phenoxy) is 1. The van der Waals surface area contributed by atoms with E-state index in [1.54, 1.807) is 0 Å². The van der Waals surface area contributed by atoms with E-state index in [1.807, 2.05) is 0 Å². The number of nitrogens with one attached hydrogen (secondary N) is 1. The van der Waals surface area contributed by atoms with Crippen molar-refractivity contribution in [1.29, 1.82) is 0 Å². The summed E-state index contributed by atoms with van der Waals surface area (Å²) in [6, 6.07) is 0.183. The van der Waals surface area contributed by atoms with Crippen LogP contribution >= 0.6 is 0 Å². The molecular weight excluding hydrogens is 254 g/mol. The number of rotatable bonds is 8. The van der Waals surface area contributed by atoms with Crippen molar-refractivity contribution >= 4 is 0 Å². The first-order valence-corrected chi connectivity index (χ1v) is 8.00.